The fourth-order valence-corrected chi connectivity index (χ4v) is 0.515. The van der Waals surface area contributed by atoms with Crippen LogP contribution < -0.4 is 0 Å². The van der Waals surface area contributed by atoms with Crippen molar-refractivity contribution in [1.29, 1.82) is 0 Å². The predicted molar refractivity (Wildman–Crippen MR) is 34.4 cm³/mol. The van der Waals surface area contributed by atoms with Gasteiger partial charge in [-0.3, -0.25) is 0 Å². The van der Waals surface area contributed by atoms with E-state index in [0.29, 0.717) is 0 Å². The van der Waals surface area contributed by atoms with E-state index in [0.717, 1.165) is 6.42 Å². The van der Waals surface area contributed by atoms with Gasteiger partial charge in [0.1, 0.15) is 0 Å². The van der Waals surface area contributed by atoms with E-state index in [1.807, 2.05) is 35.4 Å². The molecular weight excluding hydrogens is 73.9 g/mol. The van der Waals surface area contributed by atoms with E-state index in [1.165, 1.54) is 8.49 Å². The maximum absolute atomic E-state index is 3.73. The van der Waals surface area contributed by atoms with Gasteiger partial charge in [-0.25, -0.2) is 0 Å². The Labute approximate surface area is 63.5 Å². The summed E-state index contributed by atoms with van der Waals surface area (Å²) in [5.74, 6) is 0. The van der Waals surface area contributed by atoms with Gasteiger partial charge in [-0.05, 0) is 0 Å². The molecular formula is C5H6Li2. The zero-order valence-corrected chi connectivity index (χ0v) is 5.12. The third-order valence-electron chi connectivity index (χ3n) is 0.604. The second-order valence-corrected chi connectivity index (χ2v) is 2.09. The summed E-state index contributed by atoms with van der Waals surface area (Å²) in [6, 6.07) is 0. The second-order valence-electron chi connectivity index (χ2n) is 2.09. The van der Waals surface area contributed by atoms with Crippen molar-refractivity contribution < 1.29 is 0 Å². The molecule has 0 spiro atoms. The summed E-state index contributed by atoms with van der Waals surface area (Å²) in [7, 11) is 0. The molecule has 0 aromatic carbocycles. The summed E-state index contributed by atoms with van der Waals surface area (Å²) in [5.41, 5.74) is 0. The first-order valence-electron chi connectivity index (χ1n) is 2.41. The molecule has 0 saturated carbocycles. The molecule has 0 unspecified atom stereocenters. The van der Waals surface area contributed by atoms with Crippen molar-refractivity contribution in [2.75, 3.05) is 0 Å². The van der Waals surface area contributed by atoms with Crippen molar-refractivity contribution in [3.05, 3.63) is 21.7 Å². The fourth-order valence-electron chi connectivity index (χ4n) is 0.515. The van der Waals surface area contributed by atoms with Gasteiger partial charge in [-0.2, -0.15) is 0 Å². The SMILES string of the molecule is [Li][C](=C)C[C]([Li])=C. The van der Waals surface area contributed by atoms with Crippen molar-refractivity contribution in [2.24, 2.45) is 0 Å². The third kappa shape index (κ3) is 6.67. The average Bonchev–Trinajstić information content (AvgIpc) is 1.27. The Kier molecular flexibility index (Phi) is 4.00. The second kappa shape index (κ2) is 3.65. The van der Waals surface area contributed by atoms with E-state index < -0.39 is 0 Å². The van der Waals surface area contributed by atoms with Crippen LogP contribution in [0.4, 0.5) is 0 Å². The number of hydrogen-bond acceptors (Lipinski definition) is 0. The minimum absolute atomic E-state index is 0.972. The first kappa shape index (κ1) is 7.67. The van der Waals surface area contributed by atoms with Crippen LogP contribution in [0.25, 0.3) is 0 Å². The molecule has 7 heavy (non-hydrogen) atoms. The summed E-state index contributed by atoms with van der Waals surface area (Å²) in [5, 5.41) is 0. The van der Waals surface area contributed by atoms with Crippen LogP contribution in [0, 0.1) is 0 Å². The third-order valence-corrected chi connectivity index (χ3v) is 0.604. The monoisotopic (exact) mass is 80.1 g/mol. The first-order valence-corrected chi connectivity index (χ1v) is 2.41. The molecule has 0 atom stereocenters. The van der Waals surface area contributed by atoms with Crippen molar-refractivity contribution in [1.82, 2.24) is 0 Å². The van der Waals surface area contributed by atoms with Gasteiger partial charge in [-0.1, -0.05) is 0 Å². The van der Waals surface area contributed by atoms with Crippen LogP contribution in [0.5, 0.6) is 0 Å². The summed E-state index contributed by atoms with van der Waals surface area (Å²) in [6.07, 6.45) is 0.972. The Balaban J connectivity index is 3.32. The van der Waals surface area contributed by atoms with Crippen LogP contribution in [-0.4, -0.2) is 35.4 Å². The molecule has 2 heteroatoms. The van der Waals surface area contributed by atoms with E-state index in [1.54, 1.807) is 0 Å². The van der Waals surface area contributed by atoms with Crippen LogP contribution in [0.3, 0.4) is 0 Å². The Morgan fingerprint density at radius 2 is 1.43 bits per heavy atom. The number of hydrogen-bond donors (Lipinski definition) is 0. The molecule has 0 aromatic heterocycles. The molecule has 0 radical (unpaired) electrons. The van der Waals surface area contributed by atoms with Gasteiger partial charge in [0.15, 0.2) is 0 Å². The molecule has 0 aliphatic rings. The Morgan fingerprint density at radius 1 is 1.14 bits per heavy atom. The summed E-state index contributed by atoms with van der Waals surface area (Å²) >= 11 is 4.02. The molecule has 0 aromatic rings. The Bertz CT molecular complexity index is 82.3. The minimum atomic E-state index is 0.972. The summed E-state index contributed by atoms with van der Waals surface area (Å²) in [6.45, 7) is 7.47. The molecule has 0 N–H and O–H groups in total. The fraction of sp³-hybridized carbons (Fsp3) is 0.200. The van der Waals surface area contributed by atoms with Gasteiger partial charge in [0, 0.05) is 0 Å². The molecule has 0 heterocycles. The molecule has 0 rings (SSSR count). The predicted octanol–water partition coefficient (Wildman–Crippen LogP) is 0.741. The van der Waals surface area contributed by atoms with E-state index in [-0.39, 0.29) is 0 Å². The van der Waals surface area contributed by atoms with Crippen molar-refractivity contribution in [2.45, 2.75) is 6.42 Å². The van der Waals surface area contributed by atoms with Crippen molar-refractivity contribution in [3.8, 4) is 0 Å². The van der Waals surface area contributed by atoms with E-state index in [9.17, 15) is 0 Å². The Morgan fingerprint density at radius 3 is 1.43 bits per heavy atom. The molecule has 0 nitrogen and oxygen atoms in total. The molecule has 0 saturated heterocycles. The van der Waals surface area contributed by atoms with Crippen LogP contribution >= 0.6 is 0 Å². The average molecular weight is 80.0 g/mol. The molecule has 0 bridgehead atoms. The Hall–Kier alpha value is 0.675. The zero-order valence-electron chi connectivity index (χ0n) is 5.12. The molecule has 0 fully saturated rings. The van der Waals surface area contributed by atoms with Gasteiger partial charge < -0.3 is 0 Å². The van der Waals surface area contributed by atoms with E-state index >= 15 is 0 Å². The number of allylic oxidation sites excluding steroid dienone is 2. The molecule has 0 aliphatic heterocycles. The van der Waals surface area contributed by atoms with E-state index in [2.05, 4.69) is 13.2 Å². The van der Waals surface area contributed by atoms with Gasteiger partial charge in [0.25, 0.3) is 0 Å². The van der Waals surface area contributed by atoms with Crippen LogP contribution in [0.1, 0.15) is 6.42 Å². The van der Waals surface area contributed by atoms with Crippen molar-refractivity contribution in [3.63, 3.8) is 0 Å². The topological polar surface area (TPSA) is 0 Å². The molecule has 0 amide bonds. The van der Waals surface area contributed by atoms with Gasteiger partial charge in [-0.15, -0.1) is 0 Å². The van der Waals surface area contributed by atoms with Gasteiger partial charge in [0.05, 0.1) is 0 Å². The van der Waals surface area contributed by atoms with Gasteiger partial charge >= 0.3 is 63.5 Å². The summed E-state index contributed by atoms with van der Waals surface area (Å²) in [4.78, 5) is 0. The van der Waals surface area contributed by atoms with Crippen LogP contribution in [-0.2, 0) is 0 Å². The molecule has 0 aliphatic carbocycles. The van der Waals surface area contributed by atoms with Crippen molar-refractivity contribution >= 4 is 35.4 Å². The zero-order chi connectivity index (χ0) is 5.86. The quantitative estimate of drug-likeness (QED) is 0.429. The van der Waals surface area contributed by atoms with E-state index in [4.69, 9.17) is 0 Å². The normalized spacial score (nSPS) is 8.57. The van der Waals surface area contributed by atoms with Crippen LogP contribution in [0.2, 0.25) is 0 Å². The summed E-state index contributed by atoms with van der Waals surface area (Å²) < 4.78 is 2.38. The van der Waals surface area contributed by atoms with Gasteiger partial charge in [0.2, 0.25) is 0 Å². The number of rotatable bonds is 2. The molecule has 28 valence electrons. The standard InChI is InChI=1S/C5H6.2Li/c1-3-5-4-2;;/h1-2,5H2;;. The maximum atomic E-state index is 3.73. The first-order chi connectivity index (χ1) is 3.13. The van der Waals surface area contributed by atoms with Crippen LogP contribution in [0.15, 0.2) is 21.7 Å².